The van der Waals surface area contributed by atoms with Gasteiger partial charge in [-0.2, -0.15) is 0 Å². The normalized spacial score (nSPS) is 15.4. The third-order valence-corrected chi connectivity index (χ3v) is 3.80. The largest absolute Gasteiger partial charge is 0.369 e. The number of anilines is 1. The van der Waals surface area contributed by atoms with Gasteiger partial charge < -0.3 is 4.90 Å². The molecule has 3 heteroatoms. The van der Waals surface area contributed by atoms with Gasteiger partial charge >= 0.3 is 0 Å². The van der Waals surface area contributed by atoms with E-state index in [0.717, 1.165) is 28.5 Å². The summed E-state index contributed by atoms with van der Waals surface area (Å²) in [6, 6.07) is 7.11. The third-order valence-electron chi connectivity index (χ3n) is 2.84. The molecule has 1 saturated carbocycles. The summed E-state index contributed by atoms with van der Waals surface area (Å²) < 4.78 is 0. The minimum absolute atomic E-state index is 0.751. The highest BCUT2D eigenvalue weighted by Crippen LogP contribution is 2.33. The summed E-state index contributed by atoms with van der Waals surface area (Å²) in [5, 5.41) is 1.69. The Morgan fingerprint density at radius 2 is 2.20 bits per heavy atom. The Kier molecular flexibility index (Phi) is 3.57. The highest BCUT2D eigenvalue weighted by molar-refractivity contribution is 9.08. The third kappa shape index (κ3) is 2.48. The number of benzene rings is 1. The zero-order valence-electron chi connectivity index (χ0n) is 8.84. The number of hydrogen-bond acceptors (Lipinski definition) is 1. The molecule has 1 nitrogen and oxygen atoms in total. The minimum atomic E-state index is 0.751. The van der Waals surface area contributed by atoms with Crippen LogP contribution in [0.2, 0.25) is 5.02 Å². The molecule has 0 radical (unpaired) electrons. The average Bonchev–Trinajstić information content (AvgIpc) is 3.03. The van der Waals surface area contributed by atoms with Crippen LogP contribution in [0.25, 0.3) is 0 Å². The Labute approximate surface area is 105 Å². The van der Waals surface area contributed by atoms with Gasteiger partial charge in [0.15, 0.2) is 0 Å². The fraction of sp³-hybridized carbons (Fsp3) is 0.500. The molecule has 15 heavy (non-hydrogen) atoms. The summed E-state index contributed by atoms with van der Waals surface area (Å²) in [5.74, 6) is 0. The van der Waals surface area contributed by atoms with E-state index in [2.05, 4.69) is 46.0 Å². The topological polar surface area (TPSA) is 3.24 Å². The van der Waals surface area contributed by atoms with Gasteiger partial charge in [-0.1, -0.05) is 33.6 Å². The number of halogens is 2. The van der Waals surface area contributed by atoms with Gasteiger partial charge in [0, 0.05) is 28.6 Å². The summed E-state index contributed by atoms with van der Waals surface area (Å²) >= 11 is 9.63. The highest BCUT2D eigenvalue weighted by Gasteiger charge is 2.28. The van der Waals surface area contributed by atoms with Gasteiger partial charge in [0.2, 0.25) is 0 Å². The number of alkyl halides is 1. The standard InChI is InChI=1S/C12H15BrClN/c1-2-15(10-5-6-10)11-4-3-9(8-13)12(14)7-11/h3-4,7,10H,2,5-6,8H2,1H3. The van der Waals surface area contributed by atoms with E-state index in [0.29, 0.717) is 0 Å². The molecule has 1 fully saturated rings. The van der Waals surface area contributed by atoms with Gasteiger partial charge in [0.05, 0.1) is 0 Å². The fourth-order valence-electron chi connectivity index (χ4n) is 1.86. The van der Waals surface area contributed by atoms with Crippen LogP contribution in [-0.4, -0.2) is 12.6 Å². The Hall–Kier alpha value is -0.210. The van der Waals surface area contributed by atoms with E-state index >= 15 is 0 Å². The Morgan fingerprint density at radius 1 is 1.47 bits per heavy atom. The van der Waals surface area contributed by atoms with Crippen molar-refractivity contribution in [1.82, 2.24) is 0 Å². The molecule has 0 amide bonds. The molecule has 1 aromatic carbocycles. The number of nitrogens with zero attached hydrogens (tertiary/aromatic N) is 1. The first-order valence-electron chi connectivity index (χ1n) is 5.37. The van der Waals surface area contributed by atoms with Gasteiger partial charge in [-0.05, 0) is 37.5 Å². The second-order valence-electron chi connectivity index (χ2n) is 3.93. The van der Waals surface area contributed by atoms with Crippen molar-refractivity contribution in [3.05, 3.63) is 28.8 Å². The molecule has 0 unspecified atom stereocenters. The Morgan fingerprint density at radius 3 is 2.67 bits per heavy atom. The van der Waals surface area contributed by atoms with E-state index in [1.54, 1.807) is 0 Å². The van der Waals surface area contributed by atoms with Crippen LogP contribution < -0.4 is 4.90 Å². The van der Waals surface area contributed by atoms with Gasteiger partial charge in [0.1, 0.15) is 0 Å². The summed E-state index contributed by atoms with van der Waals surface area (Å²) in [7, 11) is 0. The van der Waals surface area contributed by atoms with Crippen LogP contribution in [0.4, 0.5) is 5.69 Å². The second-order valence-corrected chi connectivity index (χ2v) is 4.89. The predicted octanol–water partition coefficient (Wildman–Crippen LogP) is 4.22. The van der Waals surface area contributed by atoms with E-state index in [-0.39, 0.29) is 0 Å². The van der Waals surface area contributed by atoms with Crippen molar-refractivity contribution in [2.24, 2.45) is 0 Å². The summed E-state index contributed by atoms with van der Waals surface area (Å²) in [6.45, 7) is 3.26. The van der Waals surface area contributed by atoms with Crippen LogP contribution in [0.5, 0.6) is 0 Å². The molecule has 1 aliphatic carbocycles. The molecule has 0 bridgehead atoms. The SMILES string of the molecule is CCN(c1ccc(CBr)c(Cl)c1)C1CC1. The monoisotopic (exact) mass is 287 g/mol. The molecule has 0 spiro atoms. The molecule has 0 heterocycles. The fourth-order valence-corrected chi connectivity index (χ4v) is 2.75. The van der Waals surface area contributed by atoms with Crippen molar-refractivity contribution >= 4 is 33.2 Å². The van der Waals surface area contributed by atoms with Crippen molar-refractivity contribution in [1.29, 1.82) is 0 Å². The van der Waals surface area contributed by atoms with E-state index < -0.39 is 0 Å². The molecule has 2 rings (SSSR count). The van der Waals surface area contributed by atoms with Crippen molar-refractivity contribution < 1.29 is 0 Å². The van der Waals surface area contributed by atoms with E-state index in [9.17, 15) is 0 Å². The van der Waals surface area contributed by atoms with Gasteiger partial charge in [-0.15, -0.1) is 0 Å². The molecule has 0 N–H and O–H groups in total. The van der Waals surface area contributed by atoms with Gasteiger partial charge in [-0.3, -0.25) is 0 Å². The quantitative estimate of drug-likeness (QED) is 0.750. The lowest BCUT2D eigenvalue weighted by atomic mass is 10.2. The molecular weight excluding hydrogens is 273 g/mol. The Balaban J connectivity index is 2.23. The van der Waals surface area contributed by atoms with Crippen LogP contribution >= 0.6 is 27.5 Å². The maximum Gasteiger partial charge on any atom is 0.0467 e. The zero-order valence-corrected chi connectivity index (χ0v) is 11.2. The van der Waals surface area contributed by atoms with Gasteiger partial charge in [0.25, 0.3) is 0 Å². The molecule has 82 valence electrons. The zero-order chi connectivity index (χ0) is 10.8. The summed E-state index contributed by atoms with van der Waals surface area (Å²) in [4.78, 5) is 2.43. The lowest BCUT2D eigenvalue weighted by molar-refractivity contribution is 0.826. The van der Waals surface area contributed by atoms with Gasteiger partial charge in [-0.25, -0.2) is 0 Å². The first-order chi connectivity index (χ1) is 7.26. The van der Waals surface area contributed by atoms with Crippen molar-refractivity contribution in [3.8, 4) is 0 Å². The number of rotatable bonds is 4. The lowest BCUT2D eigenvalue weighted by Crippen LogP contribution is -2.24. The molecule has 0 aliphatic heterocycles. The number of hydrogen-bond donors (Lipinski definition) is 0. The molecule has 0 saturated heterocycles. The Bertz CT molecular complexity index is 349. The first kappa shape index (κ1) is 11.3. The van der Waals surface area contributed by atoms with Crippen LogP contribution in [0.1, 0.15) is 25.3 Å². The minimum Gasteiger partial charge on any atom is -0.369 e. The smallest absolute Gasteiger partial charge is 0.0467 e. The average molecular weight is 289 g/mol. The second kappa shape index (κ2) is 4.75. The van der Waals surface area contributed by atoms with Crippen molar-refractivity contribution in [2.75, 3.05) is 11.4 Å². The maximum absolute atomic E-state index is 6.20. The molecule has 0 aromatic heterocycles. The first-order valence-corrected chi connectivity index (χ1v) is 6.87. The molecule has 0 atom stereocenters. The van der Waals surface area contributed by atoms with Crippen molar-refractivity contribution in [3.63, 3.8) is 0 Å². The van der Waals surface area contributed by atoms with Crippen LogP contribution in [0, 0.1) is 0 Å². The van der Waals surface area contributed by atoms with Crippen LogP contribution in [-0.2, 0) is 5.33 Å². The molecule has 1 aliphatic rings. The van der Waals surface area contributed by atoms with Crippen LogP contribution in [0.15, 0.2) is 18.2 Å². The summed E-state index contributed by atoms with van der Waals surface area (Å²) in [5.41, 5.74) is 2.42. The maximum atomic E-state index is 6.20. The predicted molar refractivity (Wildman–Crippen MR) is 70.1 cm³/mol. The summed E-state index contributed by atoms with van der Waals surface area (Å²) in [6.07, 6.45) is 2.65. The van der Waals surface area contributed by atoms with E-state index in [1.165, 1.54) is 18.5 Å². The van der Waals surface area contributed by atoms with Crippen LogP contribution in [0.3, 0.4) is 0 Å². The van der Waals surface area contributed by atoms with Crippen molar-refractivity contribution in [2.45, 2.75) is 31.1 Å². The highest BCUT2D eigenvalue weighted by atomic mass is 79.9. The van der Waals surface area contributed by atoms with E-state index in [4.69, 9.17) is 11.6 Å². The lowest BCUT2D eigenvalue weighted by Gasteiger charge is -2.23. The molecule has 1 aromatic rings. The van der Waals surface area contributed by atoms with E-state index in [1.807, 2.05) is 0 Å². The molecular formula is C12H15BrClN.